The number of aliphatic hydroxyl groups excluding tert-OH is 1. The van der Waals surface area contributed by atoms with Crippen LogP contribution in [0.2, 0.25) is 0 Å². The lowest BCUT2D eigenvalue weighted by Crippen LogP contribution is -2.57. The quantitative estimate of drug-likeness (QED) is 0.631. The highest BCUT2D eigenvalue weighted by Gasteiger charge is 2.24. The van der Waals surface area contributed by atoms with Gasteiger partial charge in [0.05, 0.1) is 0 Å². The maximum atomic E-state index is 8.68. The Morgan fingerprint density at radius 2 is 2.25 bits per heavy atom. The van der Waals surface area contributed by atoms with Crippen LogP contribution in [0.4, 0.5) is 0 Å². The van der Waals surface area contributed by atoms with Crippen molar-refractivity contribution in [2.24, 2.45) is 0 Å². The number of piperazine rings is 1. The molecule has 1 fully saturated rings. The van der Waals surface area contributed by atoms with E-state index in [4.69, 9.17) is 5.11 Å². The summed E-state index contributed by atoms with van der Waals surface area (Å²) >= 11 is 0. The predicted molar refractivity (Wildman–Crippen MR) is 50.2 cm³/mol. The Morgan fingerprint density at radius 1 is 1.50 bits per heavy atom. The SMILES string of the molecule is CC1(C)CN(CCCO)CCN1. The second-order valence-corrected chi connectivity index (χ2v) is 4.16. The smallest absolute Gasteiger partial charge is 0.0443 e. The van der Waals surface area contributed by atoms with Crippen LogP contribution in [0.1, 0.15) is 20.3 Å². The van der Waals surface area contributed by atoms with E-state index in [1.54, 1.807) is 0 Å². The zero-order valence-electron chi connectivity index (χ0n) is 8.14. The van der Waals surface area contributed by atoms with Crippen molar-refractivity contribution in [3.8, 4) is 0 Å². The van der Waals surface area contributed by atoms with Crippen molar-refractivity contribution in [2.75, 3.05) is 32.8 Å². The first kappa shape index (κ1) is 9.96. The summed E-state index contributed by atoms with van der Waals surface area (Å²) in [6.07, 6.45) is 0.899. The van der Waals surface area contributed by atoms with Crippen LogP contribution in [0.15, 0.2) is 0 Å². The maximum absolute atomic E-state index is 8.68. The van der Waals surface area contributed by atoms with Crippen molar-refractivity contribution in [1.29, 1.82) is 0 Å². The summed E-state index contributed by atoms with van der Waals surface area (Å²) in [5.74, 6) is 0. The molecular weight excluding hydrogens is 152 g/mol. The van der Waals surface area contributed by atoms with Crippen LogP contribution in [0.5, 0.6) is 0 Å². The molecule has 3 heteroatoms. The van der Waals surface area contributed by atoms with E-state index >= 15 is 0 Å². The van der Waals surface area contributed by atoms with Gasteiger partial charge in [-0.3, -0.25) is 0 Å². The Bertz CT molecular complexity index is 136. The van der Waals surface area contributed by atoms with Gasteiger partial charge in [-0.05, 0) is 20.3 Å². The third kappa shape index (κ3) is 3.09. The van der Waals surface area contributed by atoms with Gasteiger partial charge in [-0.1, -0.05) is 0 Å². The number of hydrogen-bond acceptors (Lipinski definition) is 3. The Balaban J connectivity index is 2.26. The summed E-state index contributed by atoms with van der Waals surface area (Å²) in [5.41, 5.74) is 0.244. The third-order valence-electron chi connectivity index (χ3n) is 2.28. The Hall–Kier alpha value is -0.120. The molecule has 0 saturated carbocycles. The summed E-state index contributed by atoms with van der Waals surface area (Å²) in [5, 5.41) is 12.1. The van der Waals surface area contributed by atoms with Crippen LogP contribution in [0, 0.1) is 0 Å². The lowest BCUT2D eigenvalue weighted by atomic mass is 10.0. The van der Waals surface area contributed by atoms with Crippen LogP contribution in [0.25, 0.3) is 0 Å². The van der Waals surface area contributed by atoms with Crippen molar-refractivity contribution < 1.29 is 5.11 Å². The minimum absolute atomic E-state index is 0.244. The van der Waals surface area contributed by atoms with Crippen molar-refractivity contribution >= 4 is 0 Å². The van der Waals surface area contributed by atoms with Gasteiger partial charge in [-0.25, -0.2) is 0 Å². The van der Waals surface area contributed by atoms with Crippen molar-refractivity contribution in [1.82, 2.24) is 10.2 Å². The summed E-state index contributed by atoms with van der Waals surface area (Å²) in [6, 6.07) is 0. The number of nitrogens with zero attached hydrogens (tertiary/aromatic N) is 1. The minimum atomic E-state index is 0.244. The Morgan fingerprint density at radius 3 is 2.83 bits per heavy atom. The average molecular weight is 172 g/mol. The van der Waals surface area contributed by atoms with Gasteiger partial charge in [0.15, 0.2) is 0 Å². The van der Waals surface area contributed by atoms with Crippen molar-refractivity contribution in [3.63, 3.8) is 0 Å². The molecule has 0 aromatic rings. The third-order valence-corrected chi connectivity index (χ3v) is 2.28. The lowest BCUT2D eigenvalue weighted by molar-refractivity contribution is 0.143. The van der Waals surface area contributed by atoms with Gasteiger partial charge in [-0.2, -0.15) is 0 Å². The van der Waals surface area contributed by atoms with Gasteiger partial charge in [0.25, 0.3) is 0 Å². The molecular formula is C9H20N2O. The van der Waals surface area contributed by atoms with Crippen molar-refractivity contribution in [2.45, 2.75) is 25.8 Å². The van der Waals surface area contributed by atoms with E-state index in [-0.39, 0.29) is 5.54 Å². The molecule has 0 amide bonds. The zero-order chi connectivity index (χ0) is 9.03. The summed E-state index contributed by atoms with van der Waals surface area (Å²) in [4.78, 5) is 2.41. The predicted octanol–water partition coefficient (Wildman–Crippen LogP) is 0.0526. The lowest BCUT2D eigenvalue weighted by Gasteiger charge is -2.39. The molecule has 3 nitrogen and oxygen atoms in total. The van der Waals surface area contributed by atoms with Gasteiger partial charge in [0.2, 0.25) is 0 Å². The van der Waals surface area contributed by atoms with Gasteiger partial charge in [0, 0.05) is 38.3 Å². The number of rotatable bonds is 3. The standard InChI is InChI=1S/C9H20N2O/c1-9(2)8-11(5-3-7-12)6-4-10-9/h10,12H,3-8H2,1-2H3. The fourth-order valence-electron chi connectivity index (χ4n) is 1.73. The fourth-order valence-corrected chi connectivity index (χ4v) is 1.73. The average Bonchev–Trinajstić information content (AvgIpc) is 1.99. The molecule has 0 atom stereocenters. The van der Waals surface area contributed by atoms with Crippen LogP contribution < -0.4 is 5.32 Å². The fraction of sp³-hybridized carbons (Fsp3) is 1.00. The number of hydrogen-bond donors (Lipinski definition) is 2. The molecule has 1 rings (SSSR count). The Labute approximate surface area is 74.8 Å². The first-order valence-electron chi connectivity index (χ1n) is 4.72. The van der Waals surface area contributed by atoms with Crippen LogP contribution in [-0.4, -0.2) is 48.3 Å². The van der Waals surface area contributed by atoms with E-state index in [0.29, 0.717) is 6.61 Å². The number of aliphatic hydroxyl groups is 1. The normalized spacial score (nSPS) is 24.2. The monoisotopic (exact) mass is 172 g/mol. The second-order valence-electron chi connectivity index (χ2n) is 4.16. The number of nitrogens with one attached hydrogen (secondary N) is 1. The largest absolute Gasteiger partial charge is 0.396 e. The highest BCUT2D eigenvalue weighted by atomic mass is 16.3. The molecule has 0 bridgehead atoms. The van der Waals surface area contributed by atoms with Crippen LogP contribution >= 0.6 is 0 Å². The molecule has 72 valence electrons. The molecule has 2 N–H and O–H groups in total. The topological polar surface area (TPSA) is 35.5 Å². The molecule has 1 aliphatic rings. The van der Waals surface area contributed by atoms with E-state index in [9.17, 15) is 0 Å². The summed E-state index contributed by atoms with van der Waals surface area (Å²) in [7, 11) is 0. The van der Waals surface area contributed by atoms with Gasteiger partial charge < -0.3 is 15.3 Å². The molecule has 0 aromatic heterocycles. The Kier molecular flexibility index (Phi) is 3.50. The molecule has 0 unspecified atom stereocenters. The first-order valence-corrected chi connectivity index (χ1v) is 4.72. The molecule has 0 radical (unpaired) electrons. The highest BCUT2D eigenvalue weighted by Crippen LogP contribution is 2.09. The van der Waals surface area contributed by atoms with E-state index in [1.807, 2.05) is 0 Å². The van der Waals surface area contributed by atoms with Gasteiger partial charge >= 0.3 is 0 Å². The van der Waals surface area contributed by atoms with Crippen molar-refractivity contribution in [3.05, 3.63) is 0 Å². The van der Waals surface area contributed by atoms with E-state index in [2.05, 4.69) is 24.1 Å². The van der Waals surface area contributed by atoms with Gasteiger partial charge in [-0.15, -0.1) is 0 Å². The van der Waals surface area contributed by atoms with Gasteiger partial charge in [0.1, 0.15) is 0 Å². The molecule has 0 aliphatic carbocycles. The minimum Gasteiger partial charge on any atom is -0.396 e. The molecule has 1 saturated heterocycles. The summed E-state index contributed by atoms with van der Waals surface area (Å²) < 4.78 is 0. The summed E-state index contributed by atoms with van der Waals surface area (Å²) in [6.45, 7) is 9.05. The molecule has 0 spiro atoms. The second kappa shape index (κ2) is 4.21. The van der Waals surface area contributed by atoms with Crippen LogP contribution in [0.3, 0.4) is 0 Å². The van der Waals surface area contributed by atoms with E-state index in [0.717, 1.165) is 32.6 Å². The molecule has 12 heavy (non-hydrogen) atoms. The molecule has 1 heterocycles. The maximum Gasteiger partial charge on any atom is 0.0443 e. The van der Waals surface area contributed by atoms with Crippen LogP contribution in [-0.2, 0) is 0 Å². The van der Waals surface area contributed by atoms with E-state index in [1.165, 1.54) is 0 Å². The molecule has 0 aromatic carbocycles. The molecule has 1 aliphatic heterocycles. The first-order chi connectivity index (χ1) is 5.64. The van der Waals surface area contributed by atoms with E-state index < -0.39 is 0 Å². The highest BCUT2D eigenvalue weighted by molar-refractivity contribution is 4.86. The zero-order valence-corrected chi connectivity index (χ0v) is 8.14.